The van der Waals surface area contributed by atoms with Crippen LogP contribution in [0.15, 0.2) is 71.9 Å². The van der Waals surface area contributed by atoms with Crippen molar-refractivity contribution in [1.82, 2.24) is 16.0 Å². The zero-order valence-corrected chi connectivity index (χ0v) is 30.1. The average molecular weight is 704 g/mol. The first-order chi connectivity index (χ1) is 24.0. The van der Waals surface area contributed by atoms with Crippen LogP contribution in [-0.4, -0.2) is 52.4 Å². The van der Waals surface area contributed by atoms with Gasteiger partial charge in [0.25, 0.3) is 5.91 Å². The Balaban J connectivity index is 1.42. The van der Waals surface area contributed by atoms with E-state index in [1.165, 1.54) is 0 Å². The first-order valence-electron chi connectivity index (χ1n) is 16.9. The van der Waals surface area contributed by atoms with Crippen molar-refractivity contribution in [1.29, 1.82) is 0 Å². The number of hydrogen-bond donors (Lipinski definition) is 5. The van der Waals surface area contributed by atoms with Crippen molar-refractivity contribution in [3.05, 3.63) is 89.0 Å². The number of nitrogens with two attached hydrogens (primary N) is 1. The smallest absolute Gasteiger partial charge is 0.407 e. The van der Waals surface area contributed by atoms with Gasteiger partial charge in [0.15, 0.2) is 5.84 Å². The van der Waals surface area contributed by atoms with Crippen LogP contribution in [0.25, 0.3) is 0 Å². The Hall–Kier alpha value is -5.46. The molecule has 0 saturated heterocycles. The molecule has 0 spiro atoms. The van der Waals surface area contributed by atoms with Gasteiger partial charge in [0.2, 0.25) is 0 Å². The SMILES string of the molecule is CC(C)(C)OC(=O)NCc1ccc(COc2cc(Oc3ccc(/C(N)=N/O)cc3)cc(C(=O)NC3CCC(NC(=O)OC(C)(C)C)CC3)c2)cc1. The van der Waals surface area contributed by atoms with E-state index in [2.05, 4.69) is 21.1 Å². The van der Waals surface area contributed by atoms with E-state index in [1.807, 2.05) is 65.8 Å². The number of alkyl carbamates (subject to hydrolysis) is 2. The van der Waals surface area contributed by atoms with Crippen molar-refractivity contribution in [2.24, 2.45) is 10.9 Å². The minimum absolute atomic E-state index is 0.0228. The molecule has 274 valence electrons. The van der Waals surface area contributed by atoms with Gasteiger partial charge < -0.3 is 45.8 Å². The molecular formula is C38H49N5O8. The van der Waals surface area contributed by atoms with E-state index in [9.17, 15) is 14.4 Å². The highest BCUT2D eigenvalue weighted by Crippen LogP contribution is 2.29. The number of amides is 3. The molecule has 1 saturated carbocycles. The van der Waals surface area contributed by atoms with E-state index >= 15 is 0 Å². The molecule has 1 aliphatic rings. The first-order valence-corrected chi connectivity index (χ1v) is 16.9. The maximum absolute atomic E-state index is 13.5. The van der Waals surface area contributed by atoms with Crippen molar-refractivity contribution >= 4 is 23.9 Å². The van der Waals surface area contributed by atoms with Gasteiger partial charge in [-0.05, 0) is 115 Å². The molecule has 0 aromatic heterocycles. The van der Waals surface area contributed by atoms with E-state index < -0.39 is 23.4 Å². The monoisotopic (exact) mass is 703 g/mol. The zero-order valence-electron chi connectivity index (χ0n) is 30.1. The summed E-state index contributed by atoms with van der Waals surface area (Å²) in [5.74, 6) is 0.963. The molecular weight excluding hydrogens is 654 g/mol. The highest BCUT2D eigenvalue weighted by Gasteiger charge is 2.26. The molecule has 13 heteroatoms. The topological polar surface area (TPSA) is 183 Å². The van der Waals surface area contributed by atoms with Gasteiger partial charge in [-0.1, -0.05) is 29.4 Å². The third kappa shape index (κ3) is 13.1. The minimum atomic E-state index is -0.579. The van der Waals surface area contributed by atoms with Gasteiger partial charge in [-0.2, -0.15) is 0 Å². The lowest BCUT2D eigenvalue weighted by Gasteiger charge is -2.30. The van der Waals surface area contributed by atoms with Crippen LogP contribution in [0.4, 0.5) is 9.59 Å². The predicted molar refractivity (Wildman–Crippen MR) is 192 cm³/mol. The quantitative estimate of drug-likeness (QED) is 0.0625. The lowest BCUT2D eigenvalue weighted by molar-refractivity contribution is 0.0485. The molecule has 6 N–H and O–H groups in total. The lowest BCUT2D eigenvalue weighted by Crippen LogP contribution is -2.45. The molecule has 1 fully saturated rings. The van der Waals surface area contributed by atoms with E-state index in [1.54, 1.807) is 42.5 Å². The second-order valence-corrected chi connectivity index (χ2v) is 14.4. The molecule has 3 amide bonds. The van der Waals surface area contributed by atoms with Crippen LogP contribution in [0.2, 0.25) is 0 Å². The largest absolute Gasteiger partial charge is 0.489 e. The Kier molecular flexibility index (Phi) is 12.8. The number of hydrogen-bond acceptors (Lipinski definition) is 9. The number of amidine groups is 1. The van der Waals surface area contributed by atoms with Crippen molar-refractivity contribution < 1.29 is 38.5 Å². The molecule has 0 radical (unpaired) electrons. The van der Waals surface area contributed by atoms with Crippen LogP contribution in [0.1, 0.15) is 94.3 Å². The fourth-order valence-corrected chi connectivity index (χ4v) is 5.27. The van der Waals surface area contributed by atoms with Gasteiger partial charge in [0.05, 0.1) is 0 Å². The van der Waals surface area contributed by atoms with Gasteiger partial charge in [-0.3, -0.25) is 4.79 Å². The number of oxime groups is 1. The highest BCUT2D eigenvalue weighted by molar-refractivity contribution is 5.97. The highest BCUT2D eigenvalue weighted by atomic mass is 16.6. The molecule has 4 rings (SSSR count). The third-order valence-electron chi connectivity index (χ3n) is 7.68. The summed E-state index contributed by atoms with van der Waals surface area (Å²) in [6.45, 7) is 11.4. The molecule has 3 aromatic rings. The van der Waals surface area contributed by atoms with E-state index in [0.717, 1.165) is 11.1 Å². The first kappa shape index (κ1) is 38.3. The molecule has 3 aromatic carbocycles. The fraction of sp³-hybridized carbons (Fsp3) is 0.421. The Morgan fingerprint density at radius 2 is 1.27 bits per heavy atom. The van der Waals surface area contributed by atoms with Crippen molar-refractivity contribution in [3.63, 3.8) is 0 Å². The number of ether oxygens (including phenoxy) is 4. The Labute approximate surface area is 298 Å². The number of carbonyl (C=O) groups excluding carboxylic acids is 3. The standard InChI is InChI=1S/C38H49N5O8/c1-37(2,3)50-35(45)40-22-24-7-9-25(10-8-24)23-48-31-19-27(20-32(21-31)49-30-17-11-26(12-18-30)33(39)43-47)34(44)41-28-13-15-29(16-14-28)42-36(46)51-38(4,5)6/h7-12,17-21,28-29,47H,13-16,22-23H2,1-6H3,(H2,39,43)(H,40,45)(H,41,44)(H,42,46). The molecule has 0 atom stereocenters. The molecule has 51 heavy (non-hydrogen) atoms. The Morgan fingerprint density at radius 3 is 1.86 bits per heavy atom. The summed E-state index contributed by atoms with van der Waals surface area (Å²) in [4.78, 5) is 37.7. The van der Waals surface area contributed by atoms with Gasteiger partial charge in [-0.15, -0.1) is 0 Å². The summed E-state index contributed by atoms with van der Waals surface area (Å²) in [6.07, 6.45) is 1.88. The summed E-state index contributed by atoms with van der Waals surface area (Å²) < 4.78 is 22.9. The summed E-state index contributed by atoms with van der Waals surface area (Å²) in [5.41, 5.74) is 7.18. The number of rotatable bonds is 11. The molecule has 0 bridgehead atoms. The van der Waals surface area contributed by atoms with Crippen molar-refractivity contribution in [2.75, 3.05) is 0 Å². The Bertz CT molecular complexity index is 1670. The van der Waals surface area contributed by atoms with Gasteiger partial charge in [-0.25, -0.2) is 9.59 Å². The van der Waals surface area contributed by atoms with Gasteiger partial charge >= 0.3 is 12.2 Å². The summed E-state index contributed by atoms with van der Waals surface area (Å²) in [7, 11) is 0. The van der Waals surface area contributed by atoms with E-state index in [-0.39, 0.29) is 30.4 Å². The minimum Gasteiger partial charge on any atom is -0.489 e. The lowest BCUT2D eigenvalue weighted by atomic mass is 9.91. The van der Waals surface area contributed by atoms with Crippen LogP contribution in [0, 0.1) is 0 Å². The van der Waals surface area contributed by atoms with Crippen LogP contribution in [-0.2, 0) is 22.6 Å². The number of nitrogens with one attached hydrogen (secondary N) is 3. The summed E-state index contributed by atoms with van der Waals surface area (Å²) in [5, 5.41) is 20.8. The molecule has 0 heterocycles. The summed E-state index contributed by atoms with van der Waals surface area (Å²) in [6, 6.07) is 19.1. The van der Waals surface area contributed by atoms with Crippen molar-refractivity contribution in [2.45, 2.75) is 104 Å². The van der Waals surface area contributed by atoms with Crippen LogP contribution in [0.5, 0.6) is 17.2 Å². The molecule has 1 aliphatic carbocycles. The second kappa shape index (κ2) is 17.0. The molecule has 13 nitrogen and oxygen atoms in total. The van der Waals surface area contributed by atoms with Crippen molar-refractivity contribution in [3.8, 4) is 17.2 Å². The van der Waals surface area contributed by atoms with E-state index in [0.29, 0.717) is 60.6 Å². The molecule has 0 aliphatic heterocycles. The summed E-state index contributed by atoms with van der Waals surface area (Å²) >= 11 is 0. The van der Waals surface area contributed by atoms with Crippen LogP contribution >= 0.6 is 0 Å². The number of nitrogens with zero attached hydrogens (tertiary/aromatic N) is 1. The molecule has 0 unspecified atom stereocenters. The van der Waals surface area contributed by atoms with E-state index in [4.69, 9.17) is 29.9 Å². The van der Waals surface area contributed by atoms with Crippen LogP contribution in [0.3, 0.4) is 0 Å². The van der Waals surface area contributed by atoms with Gasteiger partial charge in [0.1, 0.15) is 35.1 Å². The third-order valence-corrected chi connectivity index (χ3v) is 7.68. The predicted octanol–water partition coefficient (Wildman–Crippen LogP) is 6.74. The number of carbonyl (C=O) groups is 3. The second-order valence-electron chi connectivity index (χ2n) is 14.4. The zero-order chi connectivity index (χ0) is 37.2. The Morgan fingerprint density at radius 1 is 0.725 bits per heavy atom. The maximum Gasteiger partial charge on any atom is 0.407 e. The average Bonchev–Trinajstić information content (AvgIpc) is 3.06. The van der Waals surface area contributed by atoms with Gasteiger partial charge in [0, 0.05) is 35.8 Å². The van der Waals surface area contributed by atoms with Crippen LogP contribution < -0.4 is 31.2 Å². The fourth-order valence-electron chi connectivity index (χ4n) is 5.27. The maximum atomic E-state index is 13.5. The normalized spacial score (nSPS) is 16.4. The number of benzene rings is 3.